The Morgan fingerprint density at radius 1 is 0.293 bits per heavy atom. The summed E-state index contributed by atoms with van der Waals surface area (Å²) in [6.45, 7) is 4.05. The van der Waals surface area contributed by atoms with Crippen molar-refractivity contribution >= 4 is 11.9 Å². The molecule has 0 spiro atoms. The lowest BCUT2D eigenvalue weighted by atomic mass is 10.0. The Morgan fingerprint density at radius 3 is 0.805 bits per heavy atom. The molecule has 0 aliphatic carbocycles. The van der Waals surface area contributed by atoms with Gasteiger partial charge in [-0.25, -0.2) is 0 Å². The Hall–Kier alpha value is -3.18. The number of esters is 2. The molecule has 5 heteroatoms. The highest BCUT2D eigenvalue weighted by Gasteiger charge is 2.16. The zero-order chi connectivity index (χ0) is 59.1. The van der Waals surface area contributed by atoms with Gasteiger partial charge in [-0.1, -0.05) is 349 Å². The fourth-order valence-corrected chi connectivity index (χ4v) is 10.5. The van der Waals surface area contributed by atoms with Gasteiger partial charge in [0.05, 0.1) is 6.61 Å². The Labute approximate surface area is 510 Å². The zero-order valence-electron chi connectivity index (χ0n) is 54.5. The number of hydrogen-bond donors (Lipinski definition) is 1. The third-order valence-electron chi connectivity index (χ3n) is 15.9. The molecule has 0 heterocycles. The predicted molar refractivity (Wildman–Crippen MR) is 362 cm³/mol. The van der Waals surface area contributed by atoms with E-state index in [9.17, 15) is 14.7 Å². The number of carbonyl (C=O) groups excluding carboxylic acids is 2. The van der Waals surface area contributed by atoms with E-state index in [-0.39, 0.29) is 25.2 Å². The van der Waals surface area contributed by atoms with Crippen LogP contribution in [0.3, 0.4) is 0 Å². The van der Waals surface area contributed by atoms with E-state index in [1.54, 1.807) is 0 Å². The highest BCUT2D eigenvalue weighted by Crippen LogP contribution is 2.18. The number of rotatable bonds is 66. The molecule has 1 atom stereocenters. The van der Waals surface area contributed by atoms with Gasteiger partial charge in [0.15, 0.2) is 6.10 Å². The van der Waals surface area contributed by atoms with Crippen LogP contribution in [0.1, 0.15) is 361 Å². The molecule has 0 aromatic carbocycles. The average molecular weight is 1140 g/mol. The molecule has 474 valence electrons. The predicted octanol–water partition coefficient (Wildman–Crippen LogP) is 25.0. The van der Waals surface area contributed by atoms with Crippen molar-refractivity contribution in [2.24, 2.45) is 0 Å². The van der Waals surface area contributed by atoms with Gasteiger partial charge in [-0.05, 0) is 96.3 Å². The smallest absolute Gasteiger partial charge is 0.306 e. The van der Waals surface area contributed by atoms with Crippen molar-refractivity contribution < 1.29 is 24.2 Å². The number of hydrogen-bond acceptors (Lipinski definition) is 5. The first-order valence-corrected chi connectivity index (χ1v) is 35.8. The fraction of sp³-hybridized carbons (Fsp3) is 0.766. The van der Waals surface area contributed by atoms with Crippen LogP contribution in [0.15, 0.2) is 97.2 Å². The number of aliphatic hydroxyl groups is 1. The molecule has 1 N–H and O–H groups in total. The summed E-state index contributed by atoms with van der Waals surface area (Å²) >= 11 is 0. The maximum atomic E-state index is 12.4. The van der Waals surface area contributed by atoms with Crippen molar-refractivity contribution in [3.8, 4) is 0 Å². The number of aliphatic hydroxyl groups excluding tert-OH is 1. The first-order chi connectivity index (χ1) is 40.6. The van der Waals surface area contributed by atoms with E-state index < -0.39 is 6.10 Å². The van der Waals surface area contributed by atoms with Gasteiger partial charge >= 0.3 is 11.9 Å². The Balaban J connectivity index is 3.44. The summed E-state index contributed by atoms with van der Waals surface area (Å²) in [5.74, 6) is -0.593. The summed E-state index contributed by atoms with van der Waals surface area (Å²) in [4.78, 5) is 24.6. The fourth-order valence-electron chi connectivity index (χ4n) is 10.5. The molecule has 0 rings (SSSR count). The minimum atomic E-state index is -0.784. The van der Waals surface area contributed by atoms with Crippen LogP contribution in [-0.4, -0.2) is 36.4 Å². The lowest BCUT2D eigenvalue weighted by Crippen LogP contribution is -2.28. The van der Waals surface area contributed by atoms with E-state index in [0.29, 0.717) is 12.8 Å². The lowest BCUT2D eigenvalue weighted by molar-refractivity contribution is -0.161. The summed E-state index contributed by atoms with van der Waals surface area (Å²) in [5, 5.41) is 9.70. The van der Waals surface area contributed by atoms with Gasteiger partial charge in [-0.3, -0.25) is 9.59 Å². The molecular formula is C77H136O5. The number of carbonyl (C=O) groups is 2. The molecule has 0 radical (unpaired) electrons. The second-order valence-corrected chi connectivity index (χ2v) is 23.9. The first-order valence-electron chi connectivity index (χ1n) is 35.8. The molecule has 5 nitrogen and oxygen atoms in total. The van der Waals surface area contributed by atoms with Gasteiger partial charge in [-0.15, -0.1) is 0 Å². The van der Waals surface area contributed by atoms with E-state index in [2.05, 4.69) is 111 Å². The zero-order valence-corrected chi connectivity index (χ0v) is 54.5. The Morgan fingerprint density at radius 2 is 0.524 bits per heavy atom. The molecule has 1 unspecified atom stereocenters. The number of unbranched alkanes of at least 4 members (excludes halogenated alkanes) is 42. The molecule has 0 saturated carbocycles. The van der Waals surface area contributed by atoms with E-state index in [1.807, 2.05) is 0 Å². The second-order valence-electron chi connectivity index (χ2n) is 23.9. The van der Waals surface area contributed by atoms with Gasteiger partial charge < -0.3 is 14.6 Å². The Bertz CT molecular complexity index is 1530. The van der Waals surface area contributed by atoms with Gasteiger partial charge in [-0.2, -0.15) is 0 Å². The number of ether oxygens (including phenoxy) is 2. The van der Waals surface area contributed by atoms with Crippen LogP contribution >= 0.6 is 0 Å². The highest BCUT2D eigenvalue weighted by atomic mass is 16.6. The molecule has 0 aliphatic rings. The van der Waals surface area contributed by atoms with E-state index in [0.717, 1.165) is 89.9 Å². The van der Waals surface area contributed by atoms with E-state index in [1.165, 1.54) is 244 Å². The minimum absolute atomic E-state index is 0.0718. The van der Waals surface area contributed by atoms with Crippen molar-refractivity contribution in [3.63, 3.8) is 0 Å². The molecular weight excluding hydrogens is 1000 g/mol. The number of allylic oxidation sites excluding steroid dienone is 16. The third kappa shape index (κ3) is 69.3. The van der Waals surface area contributed by atoms with Crippen LogP contribution in [-0.2, 0) is 19.1 Å². The molecule has 82 heavy (non-hydrogen) atoms. The third-order valence-corrected chi connectivity index (χ3v) is 15.9. The van der Waals surface area contributed by atoms with Crippen LogP contribution < -0.4 is 0 Å². The largest absolute Gasteiger partial charge is 0.462 e. The van der Waals surface area contributed by atoms with Crippen molar-refractivity contribution in [1.29, 1.82) is 0 Å². The van der Waals surface area contributed by atoms with Crippen LogP contribution in [0.25, 0.3) is 0 Å². The van der Waals surface area contributed by atoms with Crippen molar-refractivity contribution in [2.45, 2.75) is 367 Å². The Kier molecular flexibility index (Phi) is 69.3. The first kappa shape index (κ1) is 78.8. The van der Waals surface area contributed by atoms with Gasteiger partial charge in [0.2, 0.25) is 0 Å². The molecule has 0 saturated heterocycles. The average Bonchev–Trinajstić information content (AvgIpc) is 3.49. The van der Waals surface area contributed by atoms with Crippen LogP contribution in [0.5, 0.6) is 0 Å². The molecule has 0 aromatic heterocycles. The van der Waals surface area contributed by atoms with E-state index in [4.69, 9.17) is 9.47 Å². The maximum Gasteiger partial charge on any atom is 0.306 e. The van der Waals surface area contributed by atoms with E-state index >= 15 is 0 Å². The van der Waals surface area contributed by atoms with Crippen molar-refractivity contribution in [1.82, 2.24) is 0 Å². The van der Waals surface area contributed by atoms with Crippen LogP contribution in [0, 0.1) is 0 Å². The quantitative estimate of drug-likeness (QED) is 0.0373. The molecule has 0 aromatic rings. The summed E-state index contributed by atoms with van der Waals surface area (Å²) in [6, 6.07) is 0. The SMILES string of the molecule is CC/C=C\C/C=C\C/C=C\C/C=C\C/C=C\C/C=C\C/C=C\CCCCCCCCCC(=O)OC(CO)COC(=O)CCCCCCCCCCCCCCCCCCCCCCCCCCCCC/C=C\CCCCCCCCCC. The summed E-state index contributed by atoms with van der Waals surface area (Å²) in [7, 11) is 0. The molecule has 0 bridgehead atoms. The highest BCUT2D eigenvalue weighted by molar-refractivity contribution is 5.70. The minimum Gasteiger partial charge on any atom is -0.462 e. The topological polar surface area (TPSA) is 72.8 Å². The second kappa shape index (κ2) is 72.1. The molecule has 0 aliphatic heterocycles. The van der Waals surface area contributed by atoms with Crippen molar-refractivity contribution in [3.05, 3.63) is 97.2 Å². The van der Waals surface area contributed by atoms with Crippen molar-refractivity contribution in [2.75, 3.05) is 13.2 Å². The summed E-state index contributed by atoms with van der Waals surface area (Å²) in [5.41, 5.74) is 0. The van der Waals surface area contributed by atoms with Gasteiger partial charge in [0.1, 0.15) is 6.61 Å². The van der Waals surface area contributed by atoms with Gasteiger partial charge in [0.25, 0.3) is 0 Å². The normalized spacial score (nSPS) is 12.8. The standard InChI is InChI=1S/C77H136O5/c1-3-5-7-9-11-13-15-17-19-21-23-25-27-29-31-33-34-35-36-37-38-39-40-41-42-44-45-47-49-51-53-55-57-59-61-63-65-67-69-71-76(79)81-74-75(73-78)82-77(80)72-70-68-66-64-62-60-58-56-54-52-50-48-46-43-32-30-28-26-24-22-20-18-16-14-12-10-8-6-4-2/h6,8,12,14,18,20-21,23-24,26,30,32,46,48,52,54,75,78H,3-5,7,9-11,13,15-17,19,22,25,27-29,31,33-45,47,49-51,53,55-74H2,1-2H3/b8-6-,14-12-,20-18-,23-21-,26-24-,32-30-,48-46-,54-52-. The monoisotopic (exact) mass is 1140 g/mol. The summed E-state index contributed by atoms with van der Waals surface area (Å²) in [6.07, 6.45) is 103. The van der Waals surface area contributed by atoms with Crippen LogP contribution in [0.4, 0.5) is 0 Å². The molecule has 0 amide bonds. The maximum absolute atomic E-state index is 12.4. The summed E-state index contributed by atoms with van der Waals surface area (Å²) < 4.78 is 10.8. The molecule has 0 fully saturated rings. The van der Waals surface area contributed by atoms with Crippen LogP contribution in [0.2, 0.25) is 0 Å². The van der Waals surface area contributed by atoms with Gasteiger partial charge in [0, 0.05) is 12.8 Å². The lowest BCUT2D eigenvalue weighted by Gasteiger charge is -2.15.